The first-order valence-electron chi connectivity index (χ1n) is 11.7. The van der Waals surface area contributed by atoms with Gasteiger partial charge in [0.15, 0.2) is 0 Å². The van der Waals surface area contributed by atoms with E-state index >= 15 is 0 Å². The lowest BCUT2D eigenvalue weighted by molar-refractivity contribution is -0.128. The Hall–Kier alpha value is -3.23. The van der Waals surface area contributed by atoms with Gasteiger partial charge in [-0.05, 0) is 85.9 Å². The first-order chi connectivity index (χ1) is 16.5. The van der Waals surface area contributed by atoms with E-state index < -0.39 is 5.41 Å². The molecule has 6 heteroatoms. The second kappa shape index (κ2) is 10.4. The molecule has 0 radical (unpaired) electrons. The minimum Gasteiger partial charge on any atom is -0.339 e. The summed E-state index contributed by atoms with van der Waals surface area (Å²) in [4.78, 5) is 23.6. The van der Waals surface area contributed by atoms with E-state index in [1.807, 2.05) is 17.9 Å². The van der Waals surface area contributed by atoms with Gasteiger partial charge < -0.3 is 4.90 Å². The lowest BCUT2D eigenvalue weighted by atomic mass is 9.74. The van der Waals surface area contributed by atoms with E-state index in [-0.39, 0.29) is 5.91 Å². The van der Waals surface area contributed by atoms with Gasteiger partial charge in [0.05, 0.1) is 17.2 Å². The summed E-state index contributed by atoms with van der Waals surface area (Å²) in [5.74, 6) is 0.520. The van der Waals surface area contributed by atoms with Crippen LogP contribution < -0.4 is 0 Å². The van der Waals surface area contributed by atoms with E-state index in [1.54, 1.807) is 30.5 Å². The fraction of sp³-hybridized carbons (Fsp3) is 0.357. The number of allylic oxidation sites excluding steroid dienone is 3. The average Bonchev–Trinajstić information content (AvgIpc) is 3.71. The third kappa shape index (κ3) is 5.29. The van der Waals surface area contributed by atoms with Crippen LogP contribution in [-0.4, -0.2) is 33.9 Å². The van der Waals surface area contributed by atoms with Crippen molar-refractivity contribution in [3.63, 3.8) is 0 Å². The van der Waals surface area contributed by atoms with Crippen molar-refractivity contribution in [2.24, 2.45) is 5.41 Å². The molecule has 4 rings (SSSR count). The molecule has 0 bridgehead atoms. The van der Waals surface area contributed by atoms with Gasteiger partial charge in [-0.1, -0.05) is 36.4 Å². The predicted octanol–water partition coefficient (Wildman–Crippen LogP) is 5.90. The molecule has 2 heterocycles. The number of hydrogen-bond donors (Lipinski definition) is 0. The van der Waals surface area contributed by atoms with Crippen molar-refractivity contribution in [2.45, 2.75) is 44.9 Å². The molecule has 0 atom stereocenters. The molecule has 0 unspecified atom stereocenters. The summed E-state index contributed by atoms with van der Waals surface area (Å²) >= 11 is 6.26. The minimum absolute atomic E-state index is 0.0501. The molecule has 2 aromatic rings. The molecule has 5 nitrogen and oxygen atoms in total. The van der Waals surface area contributed by atoms with Crippen LogP contribution in [0.2, 0.25) is 5.02 Å². The van der Waals surface area contributed by atoms with Gasteiger partial charge >= 0.3 is 0 Å². The SMILES string of the molecule is C=C/C=C\C(C(=O)N1CCC(C#N)(Cc2ccc(Cl)cc2C2CC2)CC1)=C(/C)c1ccncn1. The highest BCUT2D eigenvalue weighted by atomic mass is 35.5. The van der Waals surface area contributed by atoms with Crippen LogP contribution in [0.15, 0.2) is 67.2 Å². The Morgan fingerprint density at radius 3 is 2.71 bits per heavy atom. The Kier molecular flexibility index (Phi) is 7.29. The molecular formula is C28H29ClN4O. The maximum Gasteiger partial charge on any atom is 0.254 e. The van der Waals surface area contributed by atoms with Crippen LogP contribution in [0.1, 0.15) is 55.3 Å². The lowest BCUT2D eigenvalue weighted by Crippen LogP contribution is -2.44. The zero-order valence-corrected chi connectivity index (χ0v) is 20.3. The fourth-order valence-electron chi connectivity index (χ4n) is 4.67. The van der Waals surface area contributed by atoms with Gasteiger partial charge in [-0.3, -0.25) is 4.79 Å². The molecule has 0 N–H and O–H groups in total. The number of likely N-dealkylation sites (tertiary alicyclic amines) is 1. The molecule has 34 heavy (non-hydrogen) atoms. The highest BCUT2D eigenvalue weighted by Gasteiger charge is 2.38. The van der Waals surface area contributed by atoms with E-state index in [0.717, 1.165) is 10.6 Å². The smallest absolute Gasteiger partial charge is 0.254 e. The maximum atomic E-state index is 13.5. The number of rotatable bonds is 7. The average molecular weight is 473 g/mol. The second-order valence-electron chi connectivity index (χ2n) is 9.21. The Morgan fingerprint density at radius 2 is 2.09 bits per heavy atom. The molecule has 1 aromatic carbocycles. The molecular weight excluding hydrogens is 444 g/mol. The van der Waals surface area contributed by atoms with E-state index in [9.17, 15) is 10.1 Å². The standard InChI is InChI=1S/C28H29ClN4O/c1-3-4-5-24(20(2)26-10-13-31-19-32-26)27(34)33-14-11-28(18-30,12-15-33)17-22-8-9-23(29)16-25(22)21-6-7-21/h3-5,8-10,13,16,19,21H,1,6-7,11-12,14-15,17H2,2H3/b5-4-,24-20-. The number of carbonyl (C=O) groups excluding carboxylic acids is 1. The molecule has 2 fully saturated rings. The fourth-order valence-corrected chi connectivity index (χ4v) is 4.85. The summed E-state index contributed by atoms with van der Waals surface area (Å²) in [6, 6.07) is 10.5. The maximum absolute atomic E-state index is 13.5. The van der Waals surface area contributed by atoms with Crippen LogP contribution >= 0.6 is 11.6 Å². The Morgan fingerprint density at radius 1 is 1.32 bits per heavy atom. The summed E-state index contributed by atoms with van der Waals surface area (Å²) in [7, 11) is 0. The zero-order valence-electron chi connectivity index (χ0n) is 19.5. The molecule has 1 saturated carbocycles. The first kappa shape index (κ1) is 23.9. The largest absolute Gasteiger partial charge is 0.339 e. The summed E-state index contributed by atoms with van der Waals surface area (Å²) in [6.07, 6.45) is 12.7. The third-order valence-corrected chi connectivity index (χ3v) is 7.13. The van der Waals surface area contributed by atoms with E-state index in [1.165, 1.54) is 30.3 Å². The third-order valence-electron chi connectivity index (χ3n) is 6.90. The van der Waals surface area contributed by atoms with Crippen molar-refractivity contribution in [3.05, 3.63) is 89.0 Å². The van der Waals surface area contributed by atoms with E-state index in [0.29, 0.717) is 49.5 Å². The minimum atomic E-state index is -0.475. The van der Waals surface area contributed by atoms with E-state index in [4.69, 9.17) is 11.6 Å². The topological polar surface area (TPSA) is 69.9 Å². The van der Waals surface area contributed by atoms with Gasteiger partial charge in [0, 0.05) is 29.9 Å². The molecule has 0 spiro atoms. The Labute approximate surface area is 206 Å². The summed E-state index contributed by atoms with van der Waals surface area (Å²) in [5, 5.41) is 10.9. The van der Waals surface area contributed by atoms with Crippen LogP contribution in [0.4, 0.5) is 0 Å². The van der Waals surface area contributed by atoms with Crippen molar-refractivity contribution in [1.29, 1.82) is 5.26 Å². The van der Waals surface area contributed by atoms with Gasteiger partial charge in [-0.2, -0.15) is 5.26 Å². The van der Waals surface area contributed by atoms with E-state index in [2.05, 4.69) is 34.7 Å². The van der Waals surface area contributed by atoms with Crippen molar-refractivity contribution in [3.8, 4) is 6.07 Å². The molecule has 1 amide bonds. The number of hydrogen-bond acceptors (Lipinski definition) is 4. The van der Waals surface area contributed by atoms with Crippen LogP contribution in [0.5, 0.6) is 0 Å². The number of aromatic nitrogens is 2. The lowest BCUT2D eigenvalue weighted by Gasteiger charge is -2.38. The van der Waals surface area contributed by atoms with Gasteiger partial charge in [0.2, 0.25) is 0 Å². The Bertz CT molecular complexity index is 1170. The number of amides is 1. The van der Waals surface area contributed by atoms with Crippen molar-refractivity contribution >= 4 is 23.1 Å². The number of halogens is 1. The molecule has 1 aliphatic carbocycles. The van der Waals surface area contributed by atoms with Crippen molar-refractivity contribution in [1.82, 2.24) is 14.9 Å². The predicted molar refractivity (Wildman–Crippen MR) is 135 cm³/mol. The molecule has 1 aromatic heterocycles. The number of nitrogens with zero attached hydrogens (tertiary/aromatic N) is 4. The highest BCUT2D eigenvalue weighted by Crippen LogP contribution is 2.45. The van der Waals surface area contributed by atoms with Crippen LogP contribution in [0.3, 0.4) is 0 Å². The Balaban J connectivity index is 1.52. The number of benzene rings is 1. The van der Waals surface area contributed by atoms with Gasteiger partial charge in [-0.25, -0.2) is 9.97 Å². The number of carbonyl (C=O) groups is 1. The van der Waals surface area contributed by atoms with Crippen LogP contribution in [0, 0.1) is 16.7 Å². The summed E-state index contributed by atoms with van der Waals surface area (Å²) < 4.78 is 0. The first-order valence-corrected chi connectivity index (χ1v) is 12.1. The number of nitriles is 1. The molecule has 1 saturated heterocycles. The van der Waals surface area contributed by atoms with Gasteiger partial charge in [-0.15, -0.1) is 0 Å². The zero-order chi connectivity index (χ0) is 24.1. The summed E-state index contributed by atoms with van der Waals surface area (Å²) in [6.45, 7) is 6.71. The van der Waals surface area contributed by atoms with Crippen molar-refractivity contribution in [2.75, 3.05) is 13.1 Å². The van der Waals surface area contributed by atoms with Gasteiger partial charge in [0.1, 0.15) is 6.33 Å². The number of piperidine rings is 1. The second-order valence-corrected chi connectivity index (χ2v) is 9.64. The van der Waals surface area contributed by atoms with Crippen molar-refractivity contribution < 1.29 is 4.79 Å². The van der Waals surface area contributed by atoms with Gasteiger partial charge in [0.25, 0.3) is 5.91 Å². The quantitative estimate of drug-likeness (QED) is 0.371. The highest BCUT2D eigenvalue weighted by molar-refractivity contribution is 6.30. The molecule has 1 aliphatic heterocycles. The summed E-state index contributed by atoms with van der Waals surface area (Å²) in [5.41, 5.74) is 4.13. The van der Waals surface area contributed by atoms with Crippen LogP contribution in [0.25, 0.3) is 5.57 Å². The molecule has 174 valence electrons. The normalized spacial score (nSPS) is 18.3. The van der Waals surface area contributed by atoms with Crippen LogP contribution in [-0.2, 0) is 11.2 Å². The molecule has 2 aliphatic rings. The monoisotopic (exact) mass is 472 g/mol.